The second kappa shape index (κ2) is 24.5. The van der Waals surface area contributed by atoms with Gasteiger partial charge in [0.2, 0.25) is 5.91 Å². The molecule has 0 atom stereocenters. The van der Waals surface area contributed by atoms with E-state index in [1.54, 1.807) is 14.7 Å². The number of nitrogens with one attached hydrogen (secondary N) is 1. The quantitative estimate of drug-likeness (QED) is 0.129. The minimum Gasteiger partial charge on any atom is -0.549 e. The van der Waals surface area contributed by atoms with Gasteiger partial charge in [-0.1, -0.05) is 97.4 Å². The van der Waals surface area contributed by atoms with Gasteiger partial charge in [0, 0.05) is 78.5 Å². The van der Waals surface area contributed by atoms with Crippen LogP contribution in [0.15, 0.2) is 91.0 Å². The summed E-state index contributed by atoms with van der Waals surface area (Å²) in [5, 5.41) is 37.2. The predicted octanol–water partition coefficient (Wildman–Crippen LogP) is -0.530. The molecule has 0 aliphatic carbocycles. The van der Waals surface area contributed by atoms with Crippen molar-refractivity contribution in [1.82, 2.24) is 24.9 Å². The smallest absolute Gasteiger partial charge is 0.549 e. The van der Waals surface area contributed by atoms with Gasteiger partial charge in [-0.15, -0.1) is 11.8 Å². The topological polar surface area (TPSA) is 162 Å². The van der Waals surface area contributed by atoms with Gasteiger partial charge < -0.3 is 35.0 Å². The van der Waals surface area contributed by atoms with Gasteiger partial charge >= 0.3 is 39.9 Å². The normalized spacial score (nSPS) is 15.6. The van der Waals surface area contributed by atoms with Crippen LogP contribution in [0.4, 0.5) is 0 Å². The number of carbonyl (C=O) groups is 4. The van der Waals surface area contributed by atoms with E-state index in [0.29, 0.717) is 32.7 Å². The molecule has 14 heteroatoms. The number of carbonyl (C=O) groups excluding carboxylic acids is 4. The third kappa shape index (κ3) is 15.3. The fraction of sp³-hybridized carbons (Fsp3) is 0.450. The number of amides is 1. The molecule has 1 radical (unpaired) electrons. The average Bonchev–Trinajstić information content (AvgIpc) is 3.14. The second-order valence-corrected chi connectivity index (χ2v) is 14.6. The van der Waals surface area contributed by atoms with Crippen LogP contribution in [-0.2, 0) is 23.9 Å². The summed E-state index contributed by atoms with van der Waals surface area (Å²) in [6, 6.07) is 31.8. The number of hydrogen-bond donors (Lipinski definition) is 1. The molecular weight excluding hydrogens is 852 g/mol. The molecule has 0 saturated carbocycles. The molecule has 0 aromatic heterocycles. The Labute approximate surface area is 354 Å². The molecule has 1 heterocycles. The number of nitrogens with zero attached hydrogens (tertiary/aromatic N) is 4. The Hall–Kier alpha value is -2.95. The second-order valence-electron chi connectivity index (χ2n) is 13.3. The van der Waals surface area contributed by atoms with E-state index in [-0.39, 0.29) is 103 Å². The van der Waals surface area contributed by atoms with Crippen molar-refractivity contribution in [3.63, 3.8) is 0 Å². The Balaban J connectivity index is 0.00000784. The van der Waals surface area contributed by atoms with Crippen molar-refractivity contribution in [3.8, 4) is 0 Å². The first-order valence-electron chi connectivity index (χ1n) is 18.2. The van der Waals surface area contributed by atoms with E-state index < -0.39 is 17.9 Å². The Bertz CT molecular complexity index is 1450. The van der Waals surface area contributed by atoms with Crippen molar-refractivity contribution in [3.05, 3.63) is 108 Å². The monoisotopic (exact) mass is 902 g/mol. The van der Waals surface area contributed by atoms with E-state index in [1.807, 2.05) is 34.9 Å². The standard InChI is InChI=1S/C40H53N5O7S.Gd/c46-36(29-42-20-22-43(30-37(47)48)24-26-45(32-39(51)52)27-25-44(23-21-42)31-38(49)50)41-19-11-4-12-28-53-40(33-13-5-1-6-14-33,34-15-7-2-8-16-34)35-17-9-3-10-18-35;/h1-3,5-10,13-18H,4,11-12,19-32H2,(H,41,46)(H,47,48)(H,49,50)(H,51,52);/q;+3/p-3. The summed E-state index contributed by atoms with van der Waals surface area (Å²) in [6.07, 6.45) is 2.70. The molecule has 54 heavy (non-hydrogen) atoms. The molecule has 1 aliphatic rings. The van der Waals surface area contributed by atoms with Crippen LogP contribution in [0.1, 0.15) is 36.0 Å². The molecule has 291 valence electrons. The number of benzene rings is 3. The molecule has 1 fully saturated rings. The first-order chi connectivity index (χ1) is 25.7. The maximum absolute atomic E-state index is 13.1. The summed E-state index contributed by atoms with van der Waals surface area (Å²) in [7, 11) is 0. The van der Waals surface area contributed by atoms with Crippen molar-refractivity contribution in [2.45, 2.75) is 24.0 Å². The largest absolute Gasteiger partial charge is 3.00 e. The number of hydrogen-bond acceptors (Lipinski definition) is 12. The molecule has 1 N–H and O–H groups in total. The Morgan fingerprint density at radius 3 is 1.19 bits per heavy atom. The Kier molecular flexibility index (Phi) is 20.7. The van der Waals surface area contributed by atoms with Gasteiger partial charge in [-0.3, -0.25) is 24.4 Å². The zero-order valence-corrected chi connectivity index (χ0v) is 33.7. The molecule has 1 aliphatic heterocycles. The van der Waals surface area contributed by atoms with Gasteiger partial charge in [0.15, 0.2) is 0 Å². The maximum Gasteiger partial charge on any atom is 3.00 e. The van der Waals surface area contributed by atoms with Crippen LogP contribution in [0.5, 0.6) is 0 Å². The molecule has 4 rings (SSSR count). The minimum atomic E-state index is -1.28. The number of aliphatic carboxylic acids is 3. The van der Waals surface area contributed by atoms with Gasteiger partial charge in [-0.25, -0.2) is 0 Å². The summed E-state index contributed by atoms with van der Waals surface area (Å²) in [6.45, 7) is 1.84. The molecule has 0 unspecified atom stereocenters. The van der Waals surface area contributed by atoms with Crippen molar-refractivity contribution < 1.29 is 74.4 Å². The summed E-state index contributed by atoms with van der Waals surface area (Å²) in [5.74, 6) is -3.03. The van der Waals surface area contributed by atoms with E-state index in [0.717, 1.165) is 25.0 Å². The van der Waals surface area contributed by atoms with Gasteiger partial charge in [0.1, 0.15) is 0 Å². The van der Waals surface area contributed by atoms with Crippen LogP contribution in [0.3, 0.4) is 0 Å². The van der Waals surface area contributed by atoms with Gasteiger partial charge in [0.25, 0.3) is 0 Å². The van der Waals surface area contributed by atoms with Crippen molar-refractivity contribution >= 4 is 35.6 Å². The van der Waals surface area contributed by atoms with E-state index in [1.165, 1.54) is 16.7 Å². The van der Waals surface area contributed by atoms with E-state index in [9.17, 15) is 34.5 Å². The van der Waals surface area contributed by atoms with Gasteiger partial charge in [-0.05, 0) is 35.3 Å². The van der Waals surface area contributed by atoms with Crippen molar-refractivity contribution in [2.24, 2.45) is 0 Å². The Morgan fingerprint density at radius 1 is 0.519 bits per heavy atom. The molecule has 0 spiro atoms. The SMILES string of the molecule is O=C([O-])CN1CCN(CC(=O)[O-])CCN(CC(=O)NCCCCCSC(c2ccccc2)(c2ccccc2)c2ccccc2)CCN(CC(=O)[O-])CC1.[Gd+3]. The van der Waals surface area contributed by atoms with Gasteiger partial charge in [0.05, 0.1) is 29.2 Å². The minimum absolute atomic E-state index is 0. The molecular formula is C40H50GdN5O7S. The van der Waals surface area contributed by atoms with Crippen LogP contribution in [0.25, 0.3) is 0 Å². The van der Waals surface area contributed by atoms with E-state index in [2.05, 4.69) is 78.1 Å². The number of carboxylic acid groups (broad SMARTS) is 3. The summed E-state index contributed by atoms with van der Waals surface area (Å²) in [5.41, 5.74) is 3.67. The van der Waals surface area contributed by atoms with E-state index in [4.69, 9.17) is 0 Å². The fourth-order valence-corrected chi connectivity index (χ4v) is 8.21. The summed E-state index contributed by atoms with van der Waals surface area (Å²) >= 11 is 1.92. The van der Waals surface area contributed by atoms with Crippen molar-refractivity contribution in [1.29, 1.82) is 0 Å². The molecule has 1 amide bonds. The number of carboxylic acids is 3. The third-order valence-electron chi connectivity index (χ3n) is 9.36. The molecule has 1 saturated heterocycles. The number of unbranched alkanes of at least 4 members (excludes halogenated alkanes) is 2. The first-order valence-corrected chi connectivity index (χ1v) is 19.2. The van der Waals surface area contributed by atoms with Crippen LogP contribution >= 0.6 is 11.8 Å². The molecule has 0 bridgehead atoms. The zero-order chi connectivity index (χ0) is 37.9. The molecule has 12 nitrogen and oxygen atoms in total. The van der Waals surface area contributed by atoms with Crippen LogP contribution < -0.4 is 20.6 Å². The summed E-state index contributed by atoms with van der Waals surface area (Å²) < 4.78 is -0.372. The summed E-state index contributed by atoms with van der Waals surface area (Å²) in [4.78, 5) is 54.1. The van der Waals surface area contributed by atoms with Gasteiger partial charge in [-0.2, -0.15) is 0 Å². The van der Waals surface area contributed by atoms with E-state index >= 15 is 0 Å². The number of thioether (sulfide) groups is 1. The van der Waals surface area contributed by atoms with Crippen LogP contribution in [0.2, 0.25) is 0 Å². The molecule has 3 aromatic carbocycles. The predicted molar refractivity (Wildman–Crippen MR) is 199 cm³/mol. The Morgan fingerprint density at radius 2 is 0.852 bits per heavy atom. The third-order valence-corrected chi connectivity index (χ3v) is 11.0. The van der Waals surface area contributed by atoms with Crippen molar-refractivity contribution in [2.75, 3.05) is 90.8 Å². The number of rotatable bonds is 18. The maximum atomic E-state index is 13.1. The van der Waals surface area contributed by atoms with Crippen LogP contribution in [-0.4, -0.2) is 134 Å². The fourth-order valence-electron chi connectivity index (χ4n) is 6.64. The molecule has 3 aromatic rings. The first kappa shape index (κ1) is 45.4. The average molecular weight is 902 g/mol. The zero-order valence-electron chi connectivity index (χ0n) is 30.6. The van der Waals surface area contributed by atoms with Crippen LogP contribution in [0, 0.1) is 39.9 Å².